The van der Waals surface area contributed by atoms with Crippen LogP contribution in [-0.2, 0) is 16.0 Å². The van der Waals surface area contributed by atoms with Crippen molar-refractivity contribution in [2.45, 2.75) is 27.2 Å². The molecule has 6 nitrogen and oxygen atoms in total. The largest absolute Gasteiger partial charge is 0.497 e. The average Bonchev–Trinajstić information content (AvgIpc) is 2.73. The maximum atomic E-state index is 12.4. The predicted octanol–water partition coefficient (Wildman–Crippen LogP) is 3.25. The van der Waals surface area contributed by atoms with E-state index in [4.69, 9.17) is 4.74 Å². The Kier molecular flexibility index (Phi) is 8.52. The summed E-state index contributed by atoms with van der Waals surface area (Å²) < 4.78 is 5.21. The van der Waals surface area contributed by atoms with Crippen LogP contribution < -0.4 is 19.9 Å². The first-order valence-electron chi connectivity index (χ1n) is 10.0. The summed E-state index contributed by atoms with van der Waals surface area (Å²) in [6.45, 7) is 8.02. The monoisotopic (exact) mass is 397 g/mol. The number of nitrogens with zero attached hydrogens (tertiary/aromatic N) is 2. The third kappa shape index (κ3) is 6.52. The van der Waals surface area contributed by atoms with E-state index in [9.17, 15) is 9.59 Å². The van der Waals surface area contributed by atoms with Crippen molar-refractivity contribution in [3.05, 3.63) is 54.1 Å². The number of nitrogens with one attached hydrogen (secondary N) is 1. The van der Waals surface area contributed by atoms with E-state index in [-0.39, 0.29) is 18.4 Å². The van der Waals surface area contributed by atoms with Crippen LogP contribution in [0.5, 0.6) is 5.75 Å². The number of ether oxygens (including phenoxy) is 1. The Morgan fingerprint density at radius 2 is 1.66 bits per heavy atom. The molecule has 2 aromatic carbocycles. The lowest BCUT2D eigenvalue weighted by Crippen LogP contribution is -2.40. The van der Waals surface area contributed by atoms with Gasteiger partial charge in [-0.2, -0.15) is 0 Å². The number of hydrogen-bond donors (Lipinski definition) is 1. The van der Waals surface area contributed by atoms with Crippen molar-refractivity contribution < 1.29 is 14.3 Å². The minimum Gasteiger partial charge on any atom is -0.497 e. The Labute approximate surface area is 173 Å². The van der Waals surface area contributed by atoms with Gasteiger partial charge in [-0.05, 0) is 62.2 Å². The molecular formula is C23H31N3O3. The van der Waals surface area contributed by atoms with Crippen molar-refractivity contribution in [3.63, 3.8) is 0 Å². The van der Waals surface area contributed by atoms with Gasteiger partial charge in [0, 0.05) is 37.9 Å². The van der Waals surface area contributed by atoms with Gasteiger partial charge in [-0.3, -0.25) is 9.59 Å². The highest BCUT2D eigenvalue weighted by atomic mass is 16.5. The van der Waals surface area contributed by atoms with Crippen molar-refractivity contribution >= 4 is 23.2 Å². The molecule has 2 amide bonds. The third-order valence-electron chi connectivity index (χ3n) is 4.84. The fourth-order valence-corrected chi connectivity index (χ4v) is 3.19. The summed E-state index contributed by atoms with van der Waals surface area (Å²) in [5, 5.41) is 2.89. The number of anilines is 2. The van der Waals surface area contributed by atoms with Crippen molar-refractivity contribution in [2.24, 2.45) is 0 Å². The molecule has 0 aromatic heterocycles. The number of methoxy groups -OCH3 is 1. The number of carbonyl (C=O) groups excluding carboxylic acids is 2. The fourth-order valence-electron chi connectivity index (χ4n) is 3.19. The standard InChI is InChI=1S/C23H31N3O3/c1-5-25(6-2)20-10-12-21(13-11-20)26(18(3)27)17-23(28)24-15-14-19-8-7-9-22(16-19)29-4/h7-13,16H,5-6,14-15,17H2,1-4H3,(H,24,28). The topological polar surface area (TPSA) is 61.9 Å². The lowest BCUT2D eigenvalue weighted by molar-refractivity contribution is -0.123. The smallest absolute Gasteiger partial charge is 0.240 e. The van der Waals surface area contributed by atoms with Gasteiger partial charge in [0.1, 0.15) is 12.3 Å². The summed E-state index contributed by atoms with van der Waals surface area (Å²) in [5.41, 5.74) is 2.90. The minimum atomic E-state index is -0.184. The summed E-state index contributed by atoms with van der Waals surface area (Å²) in [6, 6.07) is 15.5. The molecule has 6 heteroatoms. The van der Waals surface area contributed by atoms with Gasteiger partial charge in [-0.1, -0.05) is 12.1 Å². The van der Waals surface area contributed by atoms with Gasteiger partial charge in [0.25, 0.3) is 0 Å². The second-order valence-electron chi connectivity index (χ2n) is 6.75. The van der Waals surface area contributed by atoms with Crippen LogP contribution in [0, 0.1) is 0 Å². The summed E-state index contributed by atoms with van der Waals surface area (Å²) in [4.78, 5) is 28.2. The predicted molar refractivity (Wildman–Crippen MR) is 118 cm³/mol. The molecule has 2 rings (SSSR count). The molecule has 0 saturated heterocycles. The average molecular weight is 398 g/mol. The molecule has 156 valence electrons. The molecule has 0 aliphatic carbocycles. The van der Waals surface area contributed by atoms with E-state index >= 15 is 0 Å². The molecule has 29 heavy (non-hydrogen) atoms. The van der Waals surface area contributed by atoms with Gasteiger partial charge in [-0.15, -0.1) is 0 Å². The molecule has 1 N–H and O–H groups in total. The van der Waals surface area contributed by atoms with E-state index in [1.54, 1.807) is 7.11 Å². The molecule has 0 unspecified atom stereocenters. The maximum Gasteiger partial charge on any atom is 0.240 e. The number of rotatable bonds is 10. The van der Waals surface area contributed by atoms with Crippen LogP contribution >= 0.6 is 0 Å². The van der Waals surface area contributed by atoms with Crippen molar-refractivity contribution in [2.75, 3.05) is 43.1 Å². The van der Waals surface area contributed by atoms with E-state index < -0.39 is 0 Å². The van der Waals surface area contributed by atoms with Gasteiger partial charge >= 0.3 is 0 Å². The van der Waals surface area contributed by atoms with E-state index in [1.165, 1.54) is 11.8 Å². The maximum absolute atomic E-state index is 12.4. The SMILES string of the molecule is CCN(CC)c1ccc(N(CC(=O)NCCc2cccc(OC)c2)C(C)=O)cc1. The highest BCUT2D eigenvalue weighted by molar-refractivity contribution is 5.97. The quantitative estimate of drug-likeness (QED) is 0.669. The van der Waals surface area contributed by atoms with E-state index in [0.717, 1.165) is 35.8 Å². The summed E-state index contributed by atoms with van der Waals surface area (Å²) >= 11 is 0. The highest BCUT2D eigenvalue weighted by Gasteiger charge is 2.16. The molecule has 0 saturated carbocycles. The first kappa shape index (κ1) is 22.3. The normalized spacial score (nSPS) is 10.3. The lowest BCUT2D eigenvalue weighted by Gasteiger charge is -2.24. The zero-order valence-electron chi connectivity index (χ0n) is 17.8. The molecule has 0 aliphatic rings. The second kappa shape index (κ2) is 11.1. The molecule has 0 fully saturated rings. The molecule has 2 aromatic rings. The van der Waals surface area contributed by atoms with Crippen molar-refractivity contribution in [1.29, 1.82) is 0 Å². The zero-order valence-corrected chi connectivity index (χ0v) is 17.8. The zero-order chi connectivity index (χ0) is 21.2. The molecule has 0 heterocycles. The van der Waals surface area contributed by atoms with Crippen LogP contribution in [0.1, 0.15) is 26.3 Å². The Morgan fingerprint density at radius 1 is 1.00 bits per heavy atom. The van der Waals surface area contributed by atoms with Gasteiger partial charge in [-0.25, -0.2) is 0 Å². The third-order valence-corrected chi connectivity index (χ3v) is 4.84. The van der Waals surface area contributed by atoms with Crippen LogP contribution in [0.25, 0.3) is 0 Å². The van der Waals surface area contributed by atoms with E-state index in [0.29, 0.717) is 13.0 Å². The van der Waals surface area contributed by atoms with Crippen LogP contribution in [-0.4, -0.2) is 45.1 Å². The van der Waals surface area contributed by atoms with Crippen molar-refractivity contribution in [3.8, 4) is 5.75 Å². The molecule has 0 bridgehead atoms. The number of hydrogen-bond acceptors (Lipinski definition) is 4. The van der Waals surface area contributed by atoms with Gasteiger partial charge in [0.15, 0.2) is 0 Å². The first-order valence-corrected chi connectivity index (χ1v) is 10.0. The lowest BCUT2D eigenvalue weighted by atomic mass is 10.1. The number of carbonyl (C=O) groups is 2. The Hall–Kier alpha value is -3.02. The second-order valence-corrected chi connectivity index (χ2v) is 6.75. The molecule has 0 radical (unpaired) electrons. The number of benzene rings is 2. The minimum absolute atomic E-state index is 0.00192. The molecule has 0 atom stereocenters. The van der Waals surface area contributed by atoms with Crippen LogP contribution in [0.2, 0.25) is 0 Å². The molecule has 0 spiro atoms. The highest BCUT2D eigenvalue weighted by Crippen LogP contribution is 2.21. The molecular weight excluding hydrogens is 366 g/mol. The molecule has 0 aliphatic heterocycles. The number of amides is 2. The van der Waals surface area contributed by atoms with Crippen LogP contribution in [0.15, 0.2) is 48.5 Å². The van der Waals surface area contributed by atoms with Crippen LogP contribution in [0.4, 0.5) is 11.4 Å². The van der Waals surface area contributed by atoms with Gasteiger partial charge in [0.05, 0.1) is 7.11 Å². The van der Waals surface area contributed by atoms with Crippen molar-refractivity contribution in [1.82, 2.24) is 5.32 Å². The summed E-state index contributed by atoms with van der Waals surface area (Å²) in [6.07, 6.45) is 0.696. The van der Waals surface area contributed by atoms with Gasteiger partial charge in [0.2, 0.25) is 11.8 Å². The Bertz CT molecular complexity index is 801. The van der Waals surface area contributed by atoms with Crippen LogP contribution in [0.3, 0.4) is 0 Å². The summed E-state index contributed by atoms with van der Waals surface area (Å²) in [5.74, 6) is 0.448. The summed E-state index contributed by atoms with van der Waals surface area (Å²) in [7, 11) is 1.63. The van der Waals surface area contributed by atoms with E-state index in [2.05, 4.69) is 24.1 Å². The van der Waals surface area contributed by atoms with Gasteiger partial charge < -0.3 is 19.9 Å². The fraction of sp³-hybridized carbons (Fsp3) is 0.391. The Balaban J connectivity index is 1.93. The Morgan fingerprint density at radius 3 is 2.24 bits per heavy atom. The van der Waals surface area contributed by atoms with E-state index in [1.807, 2.05) is 48.5 Å². The first-order chi connectivity index (χ1) is 14.0.